The average Bonchev–Trinajstić information content (AvgIpc) is 2.44. The molecule has 0 aromatic carbocycles. The van der Waals surface area contributed by atoms with Crippen molar-refractivity contribution in [3.8, 4) is 0 Å². The van der Waals surface area contributed by atoms with Gasteiger partial charge in [-0.2, -0.15) is 0 Å². The van der Waals surface area contributed by atoms with E-state index in [1.165, 1.54) is 5.70 Å². The molecule has 0 N–H and O–H groups in total. The number of halogens is 2. The van der Waals surface area contributed by atoms with Crippen molar-refractivity contribution >= 4 is 38.3 Å². The molecule has 0 aliphatic rings. The van der Waals surface area contributed by atoms with Crippen LogP contribution in [0, 0.1) is 0 Å². The van der Waals surface area contributed by atoms with Gasteiger partial charge < -0.3 is 3.88 Å². The highest BCUT2D eigenvalue weighted by Gasteiger charge is 2.28. The molecule has 0 rings (SSSR count). The molecular weight excluding hydrogens is 306 g/mol. The van der Waals surface area contributed by atoms with Crippen molar-refractivity contribution in [1.29, 1.82) is 0 Å². The minimum Gasteiger partial charge on any atom is -0.439 e. The molecule has 0 saturated heterocycles. The first-order valence-corrected chi connectivity index (χ1v) is 11.8. The fourth-order valence-electron chi connectivity index (χ4n) is 1.95. The van der Waals surface area contributed by atoms with Crippen LogP contribution in [0.2, 0.25) is 0 Å². The van der Waals surface area contributed by atoms with E-state index in [-0.39, 0.29) is 0 Å². The maximum absolute atomic E-state index is 6.30. The first-order valence-electron chi connectivity index (χ1n) is 7.74. The molecule has 0 spiro atoms. The van der Waals surface area contributed by atoms with Crippen LogP contribution in [0.1, 0.15) is 67.2 Å². The molecule has 0 aromatic rings. The third-order valence-electron chi connectivity index (χ3n) is 3.64. The van der Waals surface area contributed by atoms with Gasteiger partial charge in [-0.25, -0.2) is 20.1 Å². The van der Waals surface area contributed by atoms with Crippen molar-refractivity contribution < 1.29 is 0 Å². The van der Waals surface area contributed by atoms with Gasteiger partial charge in [0.15, 0.2) is 0 Å². The Morgan fingerprint density at radius 3 is 2.05 bits per heavy atom. The molecule has 0 aromatic heterocycles. The largest absolute Gasteiger partial charge is 0.675 e. The molecule has 2 atom stereocenters. The van der Waals surface area contributed by atoms with Gasteiger partial charge in [0.1, 0.15) is 0 Å². The van der Waals surface area contributed by atoms with Gasteiger partial charge in [0.2, 0.25) is 0 Å². The number of nitrogens with zero attached hydrogens (tertiary/aromatic N) is 2. The fourth-order valence-corrected chi connectivity index (χ4v) is 4.96. The van der Waals surface area contributed by atoms with E-state index in [1.54, 1.807) is 0 Å². The third-order valence-corrected chi connectivity index (χ3v) is 6.17. The van der Waals surface area contributed by atoms with Crippen molar-refractivity contribution in [3.63, 3.8) is 0 Å². The molecule has 2 nitrogen and oxygen atoms in total. The highest BCUT2D eigenvalue weighted by Crippen LogP contribution is 2.21. The number of aliphatic imine (C=N–C) groups is 1. The van der Waals surface area contributed by atoms with E-state index in [1.807, 2.05) is 0 Å². The summed E-state index contributed by atoms with van der Waals surface area (Å²) < 4.78 is 2.23. The SMILES string of the molecule is CCC(/C=C(/CC)[N](C(C)CC)[Al]([Cl])[Cl])=NC(C)CC. The van der Waals surface area contributed by atoms with Gasteiger partial charge in [0, 0.05) is 17.8 Å². The number of hydrogen-bond donors (Lipinski definition) is 0. The lowest BCUT2D eigenvalue weighted by molar-refractivity contribution is 0.402. The van der Waals surface area contributed by atoms with Crippen molar-refractivity contribution in [2.24, 2.45) is 4.99 Å². The zero-order chi connectivity index (χ0) is 15.7. The van der Waals surface area contributed by atoms with Crippen molar-refractivity contribution in [2.45, 2.75) is 79.3 Å². The van der Waals surface area contributed by atoms with Gasteiger partial charge in [-0.3, -0.25) is 4.99 Å². The summed E-state index contributed by atoms with van der Waals surface area (Å²) in [5, 5.41) is 0. The molecule has 0 radical (unpaired) electrons. The van der Waals surface area contributed by atoms with Gasteiger partial charge in [0.05, 0.1) is 0 Å². The Hall–Kier alpha value is 0.322. The monoisotopic (exact) mass is 334 g/mol. The first kappa shape index (κ1) is 20.3. The second-order valence-electron chi connectivity index (χ2n) is 5.16. The molecule has 0 bridgehead atoms. The standard InChI is InChI=1S/C15H29N2.Al.2ClH/c1-7-12(5)16-14(9-3)11-15(10-4)17-13(6)8-2;;;/h11-13H,7-10H2,1-6H3;;2*1H/q-1;+3;;/p-2/b14-11-,17-15?;;;. The molecule has 0 aliphatic carbocycles. The lowest BCUT2D eigenvalue weighted by atomic mass is 10.1. The molecule has 116 valence electrons. The summed E-state index contributed by atoms with van der Waals surface area (Å²) in [6, 6.07) is 0.756. The Balaban J connectivity index is 5.37. The fraction of sp³-hybridized carbons (Fsp3) is 0.800. The first-order chi connectivity index (χ1) is 9.40. The molecule has 0 amide bonds. The maximum Gasteiger partial charge on any atom is 0.675 e. The van der Waals surface area contributed by atoms with Gasteiger partial charge in [-0.15, -0.1) is 0 Å². The molecule has 0 fully saturated rings. The number of hydrogen-bond acceptors (Lipinski definition) is 2. The smallest absolute Gasteiger partial charge is 0.439 e. The summed E-state index contributed by atoms with van der Waals surface area (Å²) in [6.07, 6.45) is 6.19. The summed E-state index contributed by atoms with van der Waals surface area (Å²) in [4.78, 5) is 4.77. The highest BCUT2D eigenvalue weighted by atomic mass is 35.7. The Bertz CT molecular complexity index is 330. The van der Waals surface area contributed by atoms with Gasteiger partial charge in [0.25, 0.3) is 0 Å². The lowest BCUT2D eigenvalue weighted by Crippen LogP contribution is -2.38. The van der Waals surface area contributed by atoms with E-state index in [4.69, 9.17) is 25.1 Å². The number of rotatable bonds is 9. The van der Waals surface area contributed by atoms with Crippen LogP contribution < -0.4 is 0 Å². The predicted octanol–water partition coefficient (Wildman–Crippen LogP) is 5.49. The zero-order valence-electron chi connectivity index (χ0n) is 13.8. The van der Waals surface area contributed by atoms with E-state index >= 15 is 0 Å². The van der Waals surface area contributed by atoms with Gasteiger partial charge in [-0.05, 0) is 51.3 Å². The number of allylic oxidation sites excluding steroid dienone is 2. The van der Waals surface area contributed by atoms with Crippen LogP contribution in [0.25, 0.3) is 0 Å². The Kier molecular flexibility index (Phi) is 11.1. The topological polar surface area (TPSA) is 15.6 Å². The summed E-state index contributed by atoms with van der Waals surface area (Å²) in [5.74, 6) is 0. The summed E-state index contributed by atoms with van der Waals surface area (Å²) in [6.45, 7) is 13.0. The third kappa shape index (κ3) is 6.85. The van der Waals surface area contributed by atoms with Crippen LogP contribution in [0.3, 0.4) is 0 Å². The van der Waals surface area contributed by atoms with E-state index in [9.17, 15) is 0 Å². The molecular formula is C15H29AlCl2N2. The van der Waals surface area contributed by atoms with E-state index in [0.29, 0.717) is 12.1 Å². The van der Waals surface area contributed by atoms with Crippen LogP contribution in [0.5, 0.6) is 0 Å². The molecule has 0 aliphatic heterocycles. The predicted molar refractivity (Wildman–Crippen MR) is 94.9 cm³/mol. The second kappa shape index (κ2) is 11.0. The van der Waals surface area contributed by atoms with Crippen LogP contribution in [-0.4, -0.2) is 34.2 Å². The normalized spacial score (nSPS) is 16.0. The van der Waals surface area contributed by atoms with Crippen molar-refractivity contribution in [2.75, 3.05) is 0 Å². The van der Waals surface area contributed by atoms with Crippen LogP contribution in [0.4, 0.5) is 0 Å². The van der Waals surface area contributed by atoms with Crippen LogP contribution in [0.15, 0.2) is 16.8 Å². The highest BCUT2D eigenvalue weighted by molar-refractivity contribution is 7.32. The van der Waals surface area contributed by atoms with Crippen LogP contribution >= 0.6 is 20.1 Å². The maximum atomic E-state index is 6.30. The second-order valence-corrected chi connectivity index (χ2v) is 9.42. The summed E-state index contributed by atoms with van der Waals surface area (Å²) >= 11 is -1.89. The molecule has 20 heavy (non-hydrogen) atoms. The molecule has 5 heteroatoms. The molecule has 0 heterocycles. The van der Waals surface area contributed by atoms with Crippen molar-refractivity contribution in [3.05, 3.63) is 11.8 Å². The van der Waals surface area contributed by atoms with E-state index in [0.717, 1.165) is 31.4 Å². The summed E-state index contributed by atoms with van der Waals surface area (Å²) in [7, 11) is 12.6. The van der Waals surface area contributed by atoms with Gasteiger partial charge >= 0.3 is 12.5 Å². The quantitative estimate of drug-likeness (QED) is 0.402. The molecule has 0 saturated carbocycles. The lowest BCUT2D eigenvalue weighted by Gasteiger charge is -2.33. The Labute approximate surface area is 138 Å². The minimum atomic E-state index is -1.89. The van der Waals surface area contributed by atoms with Crippen LogP contribution in [-0.2, 0) is 0 Å². The minimum absolute atomic E-state index is 0.372. The molecule has 2 unspecified atom stereocenters. The van der Waals surface area contributed by atoms with Gasteiger partial charge in [-0.1, -0.05) is 27.7 Å². The van der Waals surface area contributed by atoms with E-state index in [2.05, 4.69) is 51.5 Å². The van der Waals surface area contributed by atoms with E-state index < -0.39 is 12.5 Å². The zero-order valence-corrected chi connectivity index (χ0v) is 16.5. The Morgan fingerprint density at radius 1 is 1.10 bits per heavy atom. The Morgan fingerprint density at radius 2 is 1.70 bits per heavy atom. The van der Waals surface area contributed by atoms with Crippen molar-refractivity contribution in [1.82, 2.24) is 3.88 Å². The average molecular weight is 335 g/mol. The summed E-state index contributed by atoms with van der Waals surface area (Å²) in [5.41, 5.74) is 2.37.